The number of benzene rings is 1. The van der Waals surface area contributed by atoms with Crippen LogP contribution in [0.1, 0.15) is 77.2 Å². The van der Waals surface area contributed by atoms with Crippen LogP contribution in [-0.2, 0) is 59.2 Å². The number of aryl methyl sites for hydroxylation is 1. The van der Waals surface area contributed by atoms with Crippen molar-refractivity contribution in [3.05, 3.63) is 29.8 Å². The van der Waals surface area contributed by atoms with E-state index in [1.54, 1.807) is 47.9 Å². The summed E-state index contributed by atoms with van der Waals surface area (Å²) >= 11 is 5.69. The minimum Gasteiger partial charge on any atom is -0.549 e. The maximum absolute atomic E-state index is 13.6. The number of aliphatic imine (C=N–C) groups is 1. The maximum Gasteiger partial charge on any atom is 3.00 e. The molecule has 0 spiro atoms. The van der Waals surface area contributed by atoms with Gasteiger partial charge < -0.3 is 87.8 Å². The minimum absolute atomic E-state index is 0. The second-order valence-electron chi connectivity index (χ2n) is 21.2. The van der Waals surface area contributed by atoms with Gasteiger partial charge >= 0.3 is 37.7 Å². The zero-order chi connectivity index (χ0) is 62.6. The van der Waals surface area contributed by atoms with Crippen LogP contribution < -0.4 is 48.1 Å². The number of thiocarbonyl (C=S) groups is 1. The molecule has 3 amide bonds. The molecule has 0 saturated carbocycles. The van der Waals surface area contributed by atoms with E-state index in [-0.39, 0.29) is 128 Å². The molecule has 1 aromatic rings. The van der Waals surface area contributed by atoms with Gasteiger partial charge in [-0.1, -0.05) is 26.0 Å². The number of nitrogens with one attached hydrogen (secondary N) is 4. The molecule has 1 unspecified atom stereocenters. The molecule has 2 aliphatic rings. The summed E-state index contributed by atoms with van der Waals surface area (Å²) in [6.07, 6.45) is -0.709. The van der Waals surface area contributed by atoms with E-state index >= 15 is 0 Å². The van der Waals surface area contributed by atoms with Crippen LogP contribution in [0.3, 0.4) is 0 Å². The Balaban J connectivity index is 0.0000247. The van der Waals surface area contributed by atoms with Crippen LogP contribution in [0, 0.1) is 17.8 Å². The molecule has 0 aromatic heterocycles. The number of hydrogen-bond donors (Lipinski definition) is 10. The van der Waals surface area contributed by atoms with E-state index in [1.807, 2.05) is 0 Å². The van der Waals surface area contributed by atoms with Crippen molar-refractivity contribution in [3.8, 4) is 0 Å². The Bertz CT molecular complexity index is 2460. The fraction of sp³-hybridized carbons (Fsp3) is 0.642. The number of carboxylic acid groups (broad SMARTS) is 6. The first-order chi connectivity index (χ1) is 39.6. The van der Waals surface area contributed by atoms with Crippen LogP contribution in [0.4, 0.5) is 5.69 Å². The van der Waals surface area contributed by atoms with Gasteiger partial charge in [-0.15, -0.1) is 0 Å². The quantitative estimate of drug-likeness (QED) is 0.0101. The second-order valence-corrected chi connectivity index (χ2v) is 21.6. The first kappa shape index (κ1) is 74.3. The Morgan fingerprint density at radius 1 is 0.706 bits per heavy atom. The predicted octanol–water partition coefficient (Wildman–Crippen LogP) is -6.79. The van der Waals surface area contributed by atoms with Crippen LogP contribution in [0.15, 0.2) is 29.3 Å². The number of carbonyl (C=O) groups excluding carboxylic acids is 8. The molecule has 2 saturated heterocycles. The summed E-state index contributed by atoms with van der Waals surface area (Å²) in [6.45, 7) is 1.69. The molecule has 0 aliphatic carbocycles. The number of likely N-dealkylation sites (tertiary alicyclic amines) is 1. The fourth-order valence-electron chi connectivity index (χ4n) is 9.71. The number of nitrogens with zero attached hydrogens (tertiary/aromatic N) is 6. The van der Waals surface area contributed by atoms with Gasteiger partial charge in [0.25, 0.3) is 0 Å². The number of ketones is 2. The van der Waals surface area contributed by atoms with Crippen LogP contribution >= 0.6 is 12.2 Å². The van der Waals surface area contributed by atoms with Gasteiger partial charge in [0, 0.05) is 104 Å². The fourth-order valence-corrected chi connectivity index (χ4v) is 10.0. The molecule has 2 aliphatic heterocycles. The summed E-state index contributed by atoms with van der Waals surface area (Å²) in [4.78, 5) is 150. The van der Waals surface area contributed by atoms with E-state index in [2.05, 4.69) is 26.3 Å². The number of aliphatic hydroxyl groups is 1. The van der Waals surface area contributed by atoms with Gasteiger partial charge in [0.2, 0.25) is 17.7 Å². The summed E-state index contributed by atoms with van der Waals surface area (Å²) < 4.78 is 0. The molecule has 3 rings (SSSR count). The molecular weight excluding hydrogens is 1190 g/mol. The number of anilines is 1. The number of rotatable bonds is 34. The predicted molar refractivity (Wildman–Crippen MR) is 303 cm³/mol. The van der Waals surface area contributed by atoms with E-state index in [0.29, 0.717) is 25.1 Å². The third-order valence-electron chi connectivity index (χ3n) is 14.1. The Morgan fingerprint density at radius 3 is 1.72 bits per heavy atom. The summed E-state index contributed by atoms with van der Waals surface area (Å²) in [5, 5.41) is 85.1. The SMILES string of the molecule is CC(C)C[C@H](NC(=O)[C@H](CC(=O)O)CC(=O)CNC(=O)[C@@H]1CCCN1C(=S)Nc1ccc(CCC(C(=O)O)N2CCN(CC(=O)[O-])CCN(CC(=O)[O-])CCN(CC(=O)[O-])CC2)cc1)C(=O)C[C@@H](CO)C(=O)N[C@@H](CCCN=C(N)N)C(=O)O.[Ga+3]. The number of guanidine groups is 1. The Hall–Kier alpha value is -6.81. The second kappa shape index (κ2) is 38.3. The third-order valence-corrected chi connectivity index (χ3v) is 14.5. The number of nitrogens with two attached hydrogens (primary N) is 2. The first-order valence-electron chi connectivity index (χ1n) is 27.6. The van der Waals surface area contributed by atoms with Crippen molar-refractivity contribution in [2.45, 2.75) is 102 Å². The van der Waals surface area contributed by atoms with Crippen LogP contribution in [0.2, 0.25) is 0 Å². The average molecular weight is 1270 g/mol. The van der Waals surface area contributed by atoms with E-state index in [1.165, 1.54) is 14.7 Å². The third kappa shape index (κ3) is 28.3. The minimum atomic E-state index is -1.49. The van der Waals surface area contributed by atoms with Gasteiger partial charge in [-0.2, -0.15) is 0 Å². The number of aliphatic hydroxyl groups excluding tert-OH is 1. The van der Waals surface area contributed by atoms with Crippen molar-refractivity contribution in [2.75, 3.05) is 104 Å². The average Bonchev–Trinajstić information content (AvgIpc) is 4.19. The smallest absolute Gasteiger partial charge is 0.549 e. The number of carbonyl (C=O) groups is 11. The number of hydrogen-bond acceptors (Lipinski definition) is 21. The number of amides is 3. The van der Waals surface area contributed by atoms with Crippen LogP contribution in [-0.4, -0.2) is 263 Å². The van der Waals surface area contributed by atoms with Crippen molar-refractivity contribution in [3.63, 3.8) is 0 Å². The summed E-state index contributed by atoms with van der Waals surface area (Å²) in [7, 11) is 0. The Labute approximate surface area is 510 Å². The topological polar surface area (TPSA) is 467 Å². The summed E-state index contributed by atoms with van der Waals surface area (Å²) in [6, 6.07) is 2.30. The van der Waals surface area contributed by atoms with Crippen molar-refractivity contribution in [1.82, 2.24) is 40.4 Å². The molecule has 32 heteroatoms. The molecule has 6 atom stereocenters. The summed E-state index contributed by atoms with van der Waals surface area (Å²) in [5.74, 6) is -15.4. The number of Topliss-reactive ketones (excluding diaryl/α,β-unsaturated/α-hetero) is 2. The first-order valence-corrected chi connectivity index (χ1v) is 28.0. The summed E-state index contributed by atoms with van der Waals surface area (Å²) in [5.41, 5.74) is 11.8. The molecule has 0 bridgehead atoms. The Morgan fingerprint density at radius 2 is 1.24 bits per heavy atom. The number of carboxylic acids is 6. The normalized spacial score (nSPS) is 17.4. The molecule has 12 N–H and O–H groups in total. The van der Waals surface area contributed by atoms with Crippen molar-refractivity contribution in [1.29, 1.82) is 0 Å². The molecule has 85 heavy (non-hydrogen) atoms. The van der Waals surface area contributed by atoms with E-state index < -0.39 is 153 Å². The van der Waals surface area contributed by atoms with Gasteiger partial charge in [0.1, 0.15) is 18.1 Å². The van der Waals surface area contributed by atoms with E-state index in [9.17, 15) is 88.5 Å². The van der Waals surface area contributed by atoms with Crippen molar-refractivity contribution in [2.24, 2.45) is 34.2 Å². The van der Waals surface area contributed by atoms with Crippen LogP contribution in [0.5, 0.6) is 0 Å². The zero-order valence-corrected chi connectivity index (χ0v) is 51.1. The monoisotopic (exact) mass is 1270 g/mol. The molecule has 30 nitrogen and oxygen atoms in total. The largest absolute Gasteiger partial charge is 3.00 e. The van der Waals surface area contributed by atoms with Gasteiger partial charge in [0.15, 0.2) is 22.6 Å². The molecular formula is C53H79GaN12O18S. The van der Waals surface area contributed by atoms with Gasteiger partial charge in [-0.25, -0.2) is 4.79 Å². The number of aliphatic carboxylic acids is 6. The van der Waals surface area contributed by atoms with E-state index in [0.717, 1.165) is 5.56 Å². The standard InChI is InChI=1S/C53H82N12O18S.Ga/c1-32(2)23-39(42(68)25-35(31-66)48(78)59-38(50(80)81)5-3-13-56-52(54)55)60-47(77)34(26-43(69)70)24-37(67)27-57-49(79)40-6-4-14-65(40)53(84)58-36-10-7-33(8-11-36)9-12-41(51(82)83)64-21-19-62(29-45(73)74)17-15-61(28-44(71)72)16-18-63(20-22-64)30-46(75)76;/h7-8,10-11,32,34-35,38-41,66H,3-6,9,12-31H2,1-2H3,(H,57,79)(H,58,84)(H,59,78)(H,60,77)(H,69,70)(H,71,72)(H,73,74)(H,75,76)(H,80,81)(H,82,83)(H4,54,55,56);/q;+3/p-3/t34-,35-,38-,39-,40-,41?;/m0./s1. The van der Waals surface area contributed by atoms with Crippen molar-refractivity contribution >= 4 is 114 Å². The van der Waals surface area contributed by atoms with E-state index in [4.69, 9.17) is 23.7 Å². The molecule has 1 aromatic carbocycles. The zero-order valence-electron chi connectivity index (χ0n) is 47.9. The van der Waals surface area contributed by atoms with Crippen molar-refractivity contribution < 1.29 is 88.5 Å². The molecule has 2 fully saturated rings. The van der Waals surface area contributed by atoms with Gasteiger partial charge in [0.05, 0.1) is 55.4 Å². The van der Waals surface area contributed by atoms with Gasteiger partial charge in [-0.3, -0.25) is 58.2 Å². The van der Waals surface area contributed by atoms with Gasteiger partial charge in [-0.05, 0) is 80.8 Å². The maximum atomic E-state index is 13.6. The molecule has 0 radical (unpaired) electrons. The molecule has 2 heterocycles. The molecule has 468 valence electrons. The Kier molecular flexibility index (Phi) is 33.5. The van der Waals surface area contributed by atoms with Crippen LogP contribution in [0.25, 0.3) is 0 Å².